The lowest BCUT2D eigenvalue weighted by molar-refractivity contribution is -0.274. The summed E-state index contributed by atoms with van der Waals surface area (Å²) in [4.78, 5) is 0. The number of rotatable bonds is 2. The molecule has 0 aromatic heterocycles. The molecule has 0 N–H and O–H groups in total. The first-order valence-electron chi connectivity index (χ1n) is 5.60. The average Bonchev–Trinajstić information content (AvgIpc) is 2.29. The zero-order valence-electron chi connectivity index (χ0n) is 9.26. The minimum absolute atomic E-state index is 0.169. The molecule has 4 heteroatoms. The minimum Gasteiger partial charge on any atom is -0.406 e. The smallest absolute Gasteiger partial charge is 0.406 e. The molecule has 0 fully saturated rings. The number of hydrogen-bond acceptors (Lipinski definition) is 1. The molecule has 0 amide bonds. The monoisotopic (exact) mass is 242 g/mol. The van der Waals surface area contributed by atoms with Crippen molar-refractivity contribution in [3.8, 4) is 5.75 Å². The average molecular weight is 242 g/mol. The Morgan fingerprint density at radius 1 is 1.00 bits per heavy atom. The first-order chi connectivity index (χ1) is 8.04. The Morgan fingerprint density at radius 3 is 2.24 bits per heavy atom. The second kappa shape index (κ2) is 4.82. The summed E-state index contributed by atoms with van der Waals surface area (Å²) in [6.45, 7) is 0. The summed E-state index contributed by atoms with van der Waals surface area (Å²) in [5, 5.41) is 0. The Kier molecular flexibility index (Phi) is 3.41. The molecule has 0 bridgehead atoms. The first kappa shape index (κ1) is 12.0. The molecule has 0 spiro atoms. The molecule has 1 aromatic carbocycles. The van der Waals surface area contributed by atoms with Crippen molar-refractivity contribution in [1.82, 2.24) is 0 Å². The van der Waals surface area contributed by atoms with Crippen LogP contribution in [0.25, 0.3) is 5.57 Å². The lowest BCUT2D eigenvalue weighted by atomic mass is 9.94. The van der Waals surface area contributed by atoms with Crippen LogP contribution in [0.5, 0.6) is 5.75 Å². The molecule has 0 unspecified atom stereocenters. The van der Waals surface area contributed by atoms with Crippen LogP contribution in [0.1, 0.15) is 31.2 Å². The molecule has 17 heavy (non-hydrogen) atoms. The molecule has 92 valence electrons. The van der Waals surface area contributed by atoms with Crippen LogP contribution in [-0.2, 0) is 0 Å². The van der Waals surface area contributed by atoms with E-state index in [0.29, 0.717) is 0 Å². The third kappa shape index (κ3) is 3.51. The fourth-order valence-electron chi connectivity index (χ4n) is 1.97. The van der Waals surface area contributed by atoms with Gasteiger partial charge in [-0.15, -0.1) is 13.2 Å². The van der Waals surface area contributed by atoms with Gasteiger partial charge in [-0.2, -0.15) is 0 Å². The van der Waals surface area contributed by atoms with Gasteiger partial charge in [0.05, 0.1) is 0 Å². The van der Waals surface area contributed by atoms with Crippen LogP contribution >= 0.6 is 0 Å². The van der Waals surface area contributed by atoms with Crippen molar-refractivity contribution in [3.05, 3.63) is 35.9 Å². The van der Waals surface area contributed by atoms with E-state index >= 15 is 0 Å². The molecule has 1 aromatic rings. The molecule has 0 heterocycles. The van der Waals surface area contributed by atoms with E-state index in [9.17, 15) is 13.2 Å². The van der Waals surface area contributed by atoms with Crippen molar-refractivity contribution in [2.24, 2.45) is 0 Å². The summed E-state index contributed by atoms with van der Waals surface area (Å²) < 4.78 is 39.7. The quantitative estimate of drug-likeness (QED) is 0.739. The van der Waals surface area contributed by atoms with Crippen LogP contribution in [0.2, 0.25) is 0 Å². The molecular formula is C13H13F3O. The number of ether oxygens (including phenoxy) is 1. The van der Waals surface area contributed by atoms with Gasteiger partial charge in [0.1, 0.15) is 5.75 Å². The van der Waals surface area contributed by atoms with E-state index in [0.717, 1.165) is 24.8 Å². The largest absolute Gasteiger partial charge is 0.573 e. The Labute approximate surface area is 97.9 Å². The zero-order chi connectivity index (χ0) is 12.3. The number of alkyl halides is 3. The maximum atomic E-state index is 12.0. The summed E-state index contributed by atoms with van der Waals surface area (Å²) in [6.07, 6.45) is 1.93. The summed E-state index contributed by atoms with van der Waals surface area (Å²) in [7, 11) is 0. The third-order valence-electron chi connectivity index (χ3n) is 2.75. The van der Waals surface area contributed by atoms with Crippen LogP contribution in [0.3, 0.4) is 0 Å². The lowest BCUT2D eigenvalue weighted by Gasteiger charge is -2.14. The Morgan fingerprint density at radius 2 is 1.71 bits per heavy atom. The second-order valence-corrected chi connectivity index (χ2v) is 4.05. The molecule has 2 rings (SSSR count). The zero-order valence-corrected chi connectivity index (χ0v) is 9.26. The highest BCUT2D eigenvalue weighted by atomic mass is 19.4. The van der Waals surface area contributed by atoms with Crippen molar-refractivity contribution in [2.75, 3.05) is 0 Å². The van der Waals surface area contributed by atoms with Crippen molar-refractivity contribution < 1.29 is 17.9 Å². The molecule has 0 aliphatic heterocycles. The Balaban J connectivity index is 2.10. The summed E-state index contributed by atoms with van der Waals surface area (Å²) in [5.41, 5.74) is 2.20. The minimum atomic E-state index is -4.62. The van der Waals surface area contributed by atoms with Gasteiger partial charge >= 0.3 is 6.36 Å². The van der Waals surface area contributed by atoms with E-state index in [1.165, 1.54) is 24.1 Å². The Hall–Kier alpha value is -1.45. The molecule has 0 radical (unpaired) electrons. The number of benzene rings is 1. The van der Waals surface area contributed by atoms with Crippen LogP contribution in [0, 0.1) is 0 Å². The van der Waals surface area contributed by atoms with Crippen molar-refractivity contribution >= 4 is 5.57 Å². The van der Waals surface area contributed by atoms with Gasteiger partial charge in [-0.1, -0.05) is 18.2 Å². The highest BCUT2D eigenvalue weighted by molar-refractivity contribution is 5.66. The van der Waals surface area contributed by atoms with Crippen LogP contribution in [0.15, 0.2) is 30.3 Å². The van der Waals surface area contributed by atoms with Crippen molar-refractivity contribution in [1.29, 1.82) is 0 Å². The standard InChI is InChI=1S/C13H13F3O/c14-13(15,16)17-12-8-6-11(7-9-12)10-4-2-1-3-5-10/h4,6-9H,1-3,5H2. The first-order valence-corrected chi connectivity index (χ1v) is 5.60. The Bertz CT molecular complexity index is 404. The van der Waals surface area contributed by atoms with E-state index in [2.05, 4.69) is 10.8 Å². The van der Waals surface area contributed by atoms with Gasteiger partial charge in [-0.25, -0.2) is 0 Å². The van der Waals surface area contributed by atoms with Gasteiger partial charge in [-0.3, -0.25) is 0 Å². The number of hydrogen-bond donors (Lipinski definition) is 0. The van der Waals surface area contributed by atoms with Crippen LogP contribution in [-0.4, -0.2) is 6.36 Å². The van der Waals surface area contributed by atoms with Gasteiger partial charge in [0.25, 0.3) is 0 Å². The highest BCUT2D eigenvalue weighted by Gasteiger charge is 2.30. The SMILES string of the molecule is FC(F)(F)Oc1ccc(C2=CCCCC2)cc1. The maximum absolute atomic E-state index is 12.0. The van der Waals surface area contributed by atoms with Gasteiger partial charge < -0.3 is 4.74 Å². The van der Waals surface area contributed by atoms with Gasteiger partial charge in [0, 0.05) is 0 Å². The molecule has 0 saturated heterocycles. The molecule has 1 nitrogen and oxygen atoms in total. The van der Waals surface area contributed by atoms with E-state index in [1.54, 1.807) is 12.1 Å². The second-order valence-electron chi connectivity index (χ2n) is 4.05. The van der Waals surface area contributed by atoms with Crippen LogP contribution < -0.4 is 4.74 Å². The third-order valence-corrected chi connectivity index (χ3v) is 2.75. The van der Waals surface area contributed by atoms with E-state index in [-0.39, 0.29) is 5.75 Å². The summed E-state index contributed by atoms with van der Waals surface area (Å²) in [6, 6.07) is 6.08. The molecule has 1 aliphatic rings. The summed E-state index contributed by atoms with van der Waals surface area (Å²) in [5.74, 6) is -0.169. The molecule has 0 atom stereocenters. The van der Waals surface area contributed by atoms with Gasteiger partial charge in [-0.05, 0) is 49.0 Å². The molecular weight excluding hydrogens is 229 g/mol. The van der Waals surface area contributed by atoms with Crippen molar-refractivity contribution in [2.45, 2.75) is 32.0 Å². The maximum Gasteiger partial charge on any atom is 0.573 e. The predicted molar refractivity (Wildman–Crippen MR) is 59.6 cm³/mol. The fourth-order valence-corrected chi connectivity index (χ4v) is 1.97. The highest BCUT2D eigenvalue weighted by Crippen LogP contribution is 2.29. The predicted octanol–water partition coefficient (Wildman–Crippen LogP) is 4.54. The van der Waals surface area contributed by atoms with Crippen LogP contribution in [0.4, 0.5) is 13.2 Å². The van der Waals surface area contributed by atoms with E-state index < -0.39 is 6.36 Å². The lowest BCUT2D eigenvalue weighted by Crippen LogP contribution is -2.17. The summed E-state index contributed by atoms with van der Waals surface area (Å²) >= 11 is 0. The van der Waals surface area contributed by atoms with Gasteiger partial charge in [0.15, 0.2) is 0 Å². The van der Waals surface area contributed by atoms with Gasteiger partial charge in [0.2, 0.25) is 0 Å². The number of allylic oxidation sites excluding steroid dienone is 2. The molecule has 1 aliphatic carbocycles. The topological polar surface area (TPSA) is 9.23 Å². The fraction of sp³-hybridized carbons (Fsp3) is 0.385. The normalized spacial score (nSPS) is 16.5. The van der Waals surface area contributed by atoms with Crippen molar-refractivity contribution in [3.63, 3.8) is 0 Å². The molecule has 0 saturated carbocycles. The van der Waals surface area contributed by atoms with E-state index in [1.807, 2.05) is 0 Å². The number of halogens is 3. The van der Waals surface area contributed by atoms with E-state index in [4.69, 9.17) is 0 Å².